The number of halogens is 7. The van der Waals surface area contributed by atoms with Gasteiger partial charge in [0.2, 0.25) is 4.51 Å². The summed E-state index contributed by atoms with van der Waals surface area (Å²) in [4.78, 5) is 0.0717. The third-order valence-corrected chi connectivity index (χ3v) is 12.2. The van der Waals surface area contributed by atoms with E-state index < -0.39 is 11.3 Å². The molecular formula is C20H19Br7O3. The third kappa shape index (κ3) is 7.01. The van der Waals surface area contributed by atoms with Gasteiger partial charge in [0.25, 0.3) is 0 Å². The molecule has 3 atom stereocenters. The van der Waals surface area contributed by atoms with Crippen LogP contribution in [0.1, 0.15) is 6.92 Å². The second-order valence-corrected chi connectivity index (χ2v) is 17.0. The van der Waals surface area contributed by atoms with Crippen molar-refractivity contribution in [3.05, 3.63) is 54.6 Å². The Morgan fingerprint density at radius 3 is 2.07 bits per heavy atom. The summed E-state index contributed by atoms with van der Waals surface area (Å²) in [6.07, 6.45) is 0. The average molecular weight is 867 g/mol. The highest BCUT2D eigenvalue weighted by Gasteiger charge is 2.64. The molecule has 0 saturated carbocycles. The Morgan fingerprint density at radius 2 is 1.50 bits per heavy atom. The maximum Gasteiger partial charge on any atom is 0.311 e. The molecule has 0 aliphatic rings. The molecule has 0 radical (unpaired) electrons. The van der Waals surface area contributed by atoms with Gasteiger partial charge in [0.15, 0.2) is 2.14 Å². The fourth-order valence-corrected chi connectivity index (χ4v) is 5.89. The lowest BCUT2D eigenvalue weighted by molar-refractivity contribution is -0.190. The highest BCUT2D eigenvalue weighted by atomic mass is 80.0. The molecule has 0 aliphatic heterocycles. The Balaban J connectivity index is 2.45. The van der Waals surface area contributed by atoms with Crippen LogP contribution in [0.3, 0.4) is 0 Å². The lowest BCUT2D eigenvalue weighted by Gasteiger charge is -2.46. The van der Waals surface area contributed by atoms with Crippen LogP contribution >= 0.6 is 112 Å². The maximum absolute atomic E-state index is 6.40. The van der Waals surface area contributed by atoms with Crippen LogP contribution in [0.15, 0.2) is 54.6 Å². The summed E-state index contributed by atoms with van der Waals surface area (Å²) in [6, 6.07) is 17.9. The van der Waals surface area contributed by atoms with E-state index in [0.29, 0.717) is 24.3 Å². The van der Waals surface area contributed by atoms with Crippen molar-refractivity contribution in [2.75, 3.05) is 18.5 Å². The smallest absolute Gasteiger partial charge is 0.311 e. The first-order valence-electron chi connectivity index (χ1n) is 8.83. The molecule has 0 amide bonds. The Kier molecular flexibility index (Phi) is 11.4. The number of ether oxygens (including phenoxy) is 3. The summed E-state index contributed by atoms with van der Waals surface area (Å²) in [5, 5.41) is 0.714. The van der Waals surface area contributed by atoms with Gasteiger partial charge in [-0.05, 0) is 62.0 Å². The van der Waals surface area contributed by atoms with Crippen LogP contribution in [0, 0.1) is 0 Å². The minimum Gasteiger partial charge on any atom is -0.449 e. The van der Waals surface area contributed by atoms with Crippen molar-refractivity contribution in [1.29, 1.82) is 0 Å². The fraction of sp³-hybridized carbons (Fsp3) is 0.400. The second kappa shape index (κ2) is 12.3. The molecule has 0 fully saturated rings. The van der Waals surface area contributed by atoms with Gasteiger partial charge < -0.3 is 14.2 Å². The average Bonchev–Trinajstić information content (AvgIpc) is 2.72. The van der Waals surface area contributed by atoms with Crippen molar-refractivity contribution in [3.63, 3.8) is 0 Å². The first-order chi connectivity index (χ1) is 14.1. The molecule has 0 aliphatic carbocycles. The normalized spacial score (nSPS) is 17.1. The van der Waals surface area contributed by atoms with E-state index >= 15 is 0 Å². The predicted molar refractivity (Wildman–Crippen MR) is 149 cm³/mol. The summed E-state index contributed by atoms with van der Waals surface area (Å²) < 4.78 is 15.1. The molecule has 0 heterocycles. The van der Waals surface area contributed by atoms with Crippen LogP contribution in [-0.2, 0) is 9.47 Å². The molecule has 2 aromatic carbocycles. The first-order valence-corrected chi connectivity index (χ1v) is 14.8. The monoisotopic (exact) mass is 860 g/mol. The van der Waals surface area contributed by atoms with E-state index in [2.05, 4.69) is 124 Å². The Hall–Kier alpha value is 1.52. The van der Waals surface area contributed by atoms with E-state index in [1.165, 1.54) is 0 Å². The van der Waals surface area contributed by atoms with Gasteiger partial charge in [0.1, 0.15) is 5.75 Å². The topological polar surface area (TPSA) is 27.7 Å². The molecule has 30 heavy (non-hydrogen) atoms. The molecule has 2 rings (SSSR count). The second-order valence-electron chi connectivity index (χ2n) is 6.12. The van der Waals surface area contributed by atoms with Gasteiger partial charge in [0, 0.05) is 16.8 Å². The Morgan fingerprint density at radius 1 is 0.867 bits per heavy atom. The van der Waals surface area contributed by atoms with Crippen molar-refractivity contribution >= 4 is 112 Å². The highest BCUT2D eigenvalue weighted by molar-refractivity contribution is 9.40. The van der Waals surface area contributed by atoms with Gasteiger partial charge in [-0.15, -0.1) is 0 Å². The van der Waals surface area contributed by atoms with Crippen molar-refractivity contribution in [1.82, 2.24) is 0 Å². The summed E-state index contributed by atoms with van der Waals surface area (Å²) in [5.74, 6) is 0.610. The number of rotatable bonds is 10. The quantitative estimate of drug-likeness (QED) is 0.177. The zero-order chi connectivity index (χ0) is 22.4. The van der Waals surface area contributed by atoms with E-state index in [-0.39, 0.29) is 4.83 Å². The molecule has 166 valence electrons. The van der Waals surface area contributed by atoms with Crippen LogP contribution in [-0.4, -0.2) is 34.7 Å². The van der Waals surface area contributed by atoms with E-state index in [4.69, 9.17) is 14.2 Å². The van der Waals surface area contributed by atoms with Gasteiger partial charge in [-0.25, -0.2) is 0 Å². The Bertz CT molecular complexity index is 802. The van der Waals surface area contributed by atoms with E-state index in [1.54, 1.807) is 0 Å². The highest BCUT2D eigenvalue weighted by Crippen LogP contribution is 2.58. The van der Waals surface area contributed by atoms with Gasteiger partial charge in [-0.2, -0.15) is 0 Å². The van der Waals surface area contributed by atoms with Crippen LogP contribution in [0.25, 0.3) is 11.1 Å². The Labute approximate surface area is 236 Å². The molecule has 2 aromatic rings. The van der Waals surface area contributed by atoms with Gasteiger partial charge >= 0.3 is 4.70 Å². The minimum atomic E-state index is -1.42. The number of alkyl halides is 7. The summed E-state index contributed by atoms with van der Waals surface area (Å²) in [7, 11) is 0. The molecule has 0 spiro atoms. The summed E-state index contributed by atoms with van der Waals surface area (Å²) in [6.45, 7) is 2.64. The molecular weight excluding hydrogens is 848 g/mol. The van der Waals surface area contributed by atoms with Crippen molar-refractivity contribution in [3.8, 4) is 16.9 Å². The van der Waals surface area contributed by atoms with Crippen LogP contribution in [0.5, 0.6) is 5.75 Å². The fourth-order valence-electron chi connectivity index (χ4n) is 2.49. The third-order valence-electron chi connectivity index (χ3n) is 3.90. The van der Waals surface area contributed by atoms with Gasteiger partial charge in [0.05, 0.1) is 6.61 Å². The maximum atomic E-state index is 6.40. The van der Waals surface area contributed by atoms with Crippen LogP contribution in [0.2, 0.25) is 0 Å². The standard InChI is InChI=1S/C20H19Br7O3/c1-2-28-18(23,19(24,25)26)20(27,29-13-16(22)12-21)30-17-10-6-9-15(11-17)14-7-4-3-5-8-14/h3-11,16H,2,12-13H2,1H3. The van der Waals surface area contributed by atoms with Gasteiger partial charge in [-0.1, -0.05) is 122 Å². The van der Waals surface area contributed by atoms with E-state index in [9.17, 15) is 0 Å². The first kappa shape index (κ1) is 27.8. The molecule has 10 heteroatoms. The number of hydrogen-bond acceptors (Lipinski definition) is 3. The molecule has 0 N–H and O–H groups in total. The van der Waals surface area contributed by atoms with Gasteiger partial charge in [-0.3, -0.25) is 0 Å². The largest absolute Gasteiger partial charge is 0.449 e. The zero-order valence-corrected chi connectivity index (χ0v) is 26.9. The molecule has 3 nitrogen and oxygen atoms in total. The summed E-state index contributed by atoms with van der Waals surface area (Å²) in [5.41, 5.74) is 2.12. The van der Waals surface area contributed by atoms with Crippen molar-refractivity contribution in [2.45, 2.75) is 23.1 Å². The number of benzene rings is 2. The molecule has 0 saturated heterocycles. The number of hydrogen-bond donors (Lipinski definition) is 0. The van der Waals surface area contributed by atoms with E-state index in [1.807, 2.05) is 49.4 Å². The summed E-state index contributed by atoms with van der Waals surface area (Å²) >= 11 is 25.1. The predicted octanol–water partition coefficient (Wildman–Crippen LogP) is 8.92. The van der Waals surface area contributed by atoms with Crippen molar-refractivity contribution < 1.29 is 14.2 Å². The molecule has 3 unspecified atom stereocenters. The van der Waals surface area contributed by atoms with Crippen LogP contribution < -0.4 is 4.74 Å². The van der Waals surface area contributed by atoms with Crippen LogP contribution in [0.4, 0.5) is 0 Å². The van der Waals surface area contributed by atoms with Crippen molar-refractivity contribution in [2.24, 2.45) is 0 Å². The lowest BCUT2D eigenvalue weighted by Crippen LogP contribution is -2.60. The molecule has 0 aromatic heterocycles. The zero-order valence-electron chi connectivity index (χ0n) is 15.8. The molecule has 0 bridgehead atoms. The van der Waals surface area contributed by atoms with E-state index in [0.717, 1.165) is 11.1 Å². The minimum absolute atomic E-state index is 0.0717. The SMILES string of the molecule is CCOC(Br)(C(Br)(Br)Br)C(Br)(OCC(Br)CBr)Oc1cccc(-c2ccccc2)c1. The lowest BCUT2D eigenvalue weighted by atomic mass is 10.1.